The van der Waals surface area contributed by atoms with Crippen LogP contribution in [0.1, 0.15) is 98.3 Å². The highest BCUT2D eigenvalue weighted by Gasteiger charge is 2.59. The molecule has 0 aliphatic heterocycles. The molecule has 204 valence electrons. The fraction of sp³-hybridized carbons (Fsp3) is 0.871. The zero-order valence-electron chi connectivity index (χ0n) is 24.5. The summed E-state index contributed by atoms with van der Waals surface area (Å²) in [6, 6.07) is 0. The van der Waals surface area contributed by atoms with Crippen molar-refractivity contribution in [2.24, 2.45) is 51.5 Å². The van der Waals surface area contributed by atoms with Crippen LogP contribution in [0, 0.1) is 46.3 Å². The Morgan fingerprint density at radius 3 is 2.50 bits per heavy atom. The summed E-state index contributed by atoms with van der Waals surface area (Å²) in [5.74, 6) is 4.25. The maximum absolute atomic E-state index is 12.4. The van der Waals surface area contributed by atoms with Crippen LogP contribution >= 0.6 is 0 Å². The molecule has 3 saturated carbocycles. The van der Waals surface area contributed by atoms with Crippen LogP contribution in [-0.2, 0) is 14.1 Å². The molecule has 0 amide bonds. The summed E-state index contributed by atoms with van der Waals surface area (Å²) in [6.07, 6.45) is 16.3. The van der Waals surface area contributed by atoms with Gasteiger partial charge in [-0.3, -0.25) is 4.79 Å². The number of allylic oxidation sites excluding steroid dienone is 2. The van der Waals surface area contributed by atoms with Gasteiger partial charge in [0.05, 0.1) is 11.6 Å². The van der Waals surface area contributed by atoms with Crippen LogP contribution in [0.5, 0.6) is 0 Å². The molecular weight excluding hydrogens is 462 g/mol. The van der Waals surface area contributed by atoms with Gasteiger partial charge in [-0.15, -0.1) is 0 Å². The zero-order valence-corrected chi connectivity index (χ0v) is 25.5. The van der Waals surface area contributed by atoms with Crippen molar-refractivity contribution in [1.82, 2.24) is 0 Å². The average molecular weight is 516 g/mol. The lowest BCUT2D eigenvalue weighted by atomic mass is 9.46. The van der Waals surface area contributed by atoms with Crippen molar-refractivity contribution >= 4 is 20.0 Å². The number of hydrogen-bond acceptors (Lipinski definition) is 4. The quantitative estimate of drug-likeness (QED) is 0.241. The smallest absolute Gasteiger partial charge is 0.295 e. The molecule has 36 heavy (non-hydrogen) atoms. The van der Waals surface area contributed by atoms with Gasteiger partial charge in [0.15, 0.2) is 0 Å². The first-order valence-electron chi connectivity index (χ1n) is 14.9. The van der Waals surface area contributed by atoms with E-state index >= 15 is 0 Å². The summed E-state index contributed by atoms with van der Waals surface area (Å²) in [5.41, 5.74) is 3.65. The average Bonchev–Trinajstić information content (AvgIpc) is 3.15. The van der Waals surface area contributed by atoms with Crippen molar-refractivity contribution in [2.45, 2.75) is 118 Å². The Bertz CT molecular complexity index is 876. The van der Waals surface area contributed by atoms with Gasteiger partial charge in [-0.1, -0.05) is 51.3 Å². The second-order valence-corrected chi connectivity index (χ2v) is 18.8. The van der Waals surface area contributed by atoms with Gasteiger partial charge in [0.2, 0.25) is 8.32 Å². The minimum Gasteiger partial charge on any atom is -0.520 e. The van der Waals surface area contributed by atoms with E-state index in [4.69, 9.17) is 9.26 Å². The van der Waals surface area contributed by atoms with Gasteiger partial charge in [0, 0.05) is 0 Å². The second kappa shape index (κ2) is 10.6. The van der Waals surface area contributed by atoms with E-state index in [1.165, 1.54) is 51.4 Å². The molecule has 0 heterocycles. The van der Waals surface area contributed by atoms with E-state index in [2.05, 4.69) is 58.6 Å². The Morgan fingerprint density at radius 2 is 1.81 bits per heavy atom. The van der Waals surface area contributed by atoms with Crippen LogP contribution in [0.15, 0.2) is 16.8 Å². The first-order valence-corrected chi connectivity index (χ1v) is 18.3. The second-order valence-electron chi connectivity index (χ2n) is 14.3. The molecule has 3 fully saturated rings. The predicted molar refractivity (Wildman–Crippen MR) is 151 cm³/mol. The normalized spacial score (nSPS) is 38.9. The number of oxime groups is 1. The standard InChI is InChI=1S/C31H53NO3Si/c1-21(10-9-11-22(2)29(33)35-36(6,7)8)26-14-15-27-25-13-12-23-20-24(32-34-5)16-18-30(23,3)28(25)17-19-31(26,27)4/h20-22,25-28H,9-19H2,1-8H3/b32-24+/t21?,22?,25?,26-,27?,28?,30+,31-/m1/s1. The van der Waals surface area contributed by atoms with Gasteiger partial charge in [0.25, 0.3) is 5.97 Å². The minimum absolute atomic E-state index is 0.0237. The van der Waals surface area contributed by atoms with E-state index < -0.39 is 8.32 Å². The molecule has 0 N–H and O–H groups in total. The van der Waals surface area contributed by atoms with Crippen LogP contribution < -0.4 is 0 Å². The lowest BCUT2D eigenvalue weighted by molar-refractivity contribution is -0.139. The SMILES string of the molecule is CO/N=C1/C=C2CCC3C(CC[C@@]4(C)C3CC[C@@H]4C(C)CCCC(C)C(=O)O[Si](C)(C)C)[C@@]2(C)CC1. The highest BCUT2D eigenvalue weighted by atomic mass is 28.4. The molecule has 0 spiro atoms. The van der Waals surface area contributed by atoms with E-state index in [9.17, 15) is 4.79 Å². The van der Waals surface area contributed by atoms with Crippen LogP contribution in [0.2, 0.25) is 19.6 Å². The number of rotatable bonds is 8. The summed E-state index contributed by atoms with van der Waals surface area (Å²) in [5, 5.41) is 4.28. The maximum atomic E-state index is 12.4. The van der Waals surface area contributed by atoms with Crippen LogP contribution in [0.4, 0.5) is 0 Å². The molecule has 8 atom stereocenters. The first-order chi connectivity index (χ1) is 16.9. The van der Waals surface area contributed by atoms with Crippen molar-refractivity contribution in [3.05, 3.63) is 11.6 Å². The third kappa shape index (κ3) is 5.38. The predicted octanol–water partition coefficient (Wildman–Crippen LogP) is 8.39. The Kier molecular flexibility index (Phi) is 8.20. The maximum Gasteiger partial charge on any atom is 0.295 e. The monoisotopic (exact) mass is 515 g/mol. The highest BCUT2D eigenvalue weighted by Crippen LogP contribution is 2.67. The third-order valence-corrected chi connectivity index (χ3v) is 11.9. The molecule has 5 unspecified atom stereocenters. The summed E-state index contributed by atoms with van der Waals surface area (Å²) in [7, 11) is -0.132. The molecule has 4 aliphatic rings. The molecule has 5 heteroatoms. The van der Waals surface area contributed by atoms with Gasteiger partial charge in [0.1, 0.15) is 7.11 Å². The topological polar surface area (TPSA) is 47.9 Å². The molecule has 0 radical (unpaired) electrons. The van der Waals surface area contributed by atoms with Gasteiger partial charge < -0.3 is 9.26 Å². The summed E-state index contributed by atoms with van der Waals surface area (Å²) in [6.45, 7) is 16.1. The number of fused-ring (bicyclic) bond motifs is 5. The number of carbonyl (C=O) groups is 1. The molecule has 4 rings (SSSR count). The molecule has 0 aromatic heterocycles. The van der Waals surface area contributed by atoms with Gasteiger partial charge in [-0.05, 0) is 124 Å². The molecular formula is C31H53NO3Si. The Hall–Kier alpha value is -1.10. The molecule has 4 aliphatic carbocycles. The molecule has 0 aromatic carbocycles. The number of nitrogens with zero attached hydrogens (tertiary/aromatic N) is 1. The van der Waals surface area contributed by atoms with Crippen LogP contribution in [0.3, 0.4) is 0 Å². The lowest BCUT2D eigenvalue weighted by Crippen LogP contribution is -2.51. The summed E-state index contributed by atoms with van der Waals surface area (Å²) < 4.78 is 5.74. The third-order valence-electron chi connectivity index (χ3n) is 11.1. The fourth-order valence-electron chi connectivity index (χ4n) is 9.20. The van der Waals surface area contributed by atoms with Gasteiger partial charge in [-0.2, -0.15) is 0 Å². The largest absolute Gasteiger partial charge is 0.520 e. The molecule has 0 saturated heterocycles. The van der Waals surface area contributed by atoms with Crippen molar-refractivity contribution in [2.75, 3.05) is 7.11 Å². The van der Waals surface area contributed by atoms with E-state index in [0.717, 1.165) is 54.6 Å². The minimum atomic E-state index is -1.80. The Labute approximate surface area is 222 Å². The van der Waals surface area contributed by atoms with Crippen molar-refractivity contribution in [3.63, 3.8) is 0 Å². The van der Waals surface area contributed by atoms with Gasteiger partial charge >= 0.3 is 0 Å². The molecule has 0 aromatic rings. The van der Waals surface area contributed by atoms with E-state index in [-0.39, 0.29) is 11.9 Å². The van der Waals surface area contributed by atoms with Crippen LogP contribution in [0.25, 0.3) is 0 Å². The van der Waals surface area contributed by atoms with Gasteiger partial charge in [-0.25, -0.2) is 0 Å². The summed E-state index contributed by atoms with van der Waals surface area (Å²) in [4.78, 5) is 17.5. The highest BCUT2D eigenvalue weighted by molar-refractivity contribution is 6.71. The zero-order chi connectivity index (χ0) is 26.3. The van der Waals surface area contributed by atoms with E-state index in [1.807, 2.05) is 0 Å². The fourth-order valence-corrected chi connectivity index (χ4v) is 10.0. The molecule has 0 bridgehead atoms. The lowest BCUT2D eigenvalue weighted by Gasteiger charge is -2.58. The van der Waals surface area contributed by atoms with Crippen molar-refractivity contribution in [3.8, 4) is 0 Å². The number of hydrogen-bond donors (Lipinski definition) is 0. The van der Waals surface area contributed by atoms with E-state index in [0.29, 0.717) is 10.8 Å². The first kappa shape index (κ1) is 27.9. The van der Waals surface area contributed by atoms with Crippen molar-refractivity contribution in [1.29, 1.82) is 0 Å². The number of carbonyl (C=O) groups excluding carboxylic acids is 1. The molecule has 4 nitrogen and oxygen atoms in total. The summed E-state index contributed by atoms with van der Waals surface area (Å²) >= 11 is 0. The Morgan fingerprint density at radius 1 is 1.06 bits per heavy atom. The Balaban J connectivity index is 1.37. The van der Waals surface area contributed by atoms with Crippen molar-refractivity contribution < 1.29 is 14.1 Å². The van der Waals surface area contributed by atoms with E-state index in [1.54, 1.807) is 12.7 Å². The van der Waals surface area contributed by atoms with Crippen LogP contribution in [-0.4, -0.2) is 27.1 Å².